The van der Waals surface area contributed by atoms with E-state index in [9.17, 15) is 4.79 Å². The summed E-state index contributed by atoms with van der Waals surface area (Å²) in [5, 5.41) is 3.60. The topological polar surface area (TPSA) is 65.4 Å². The van der Waals surface area contributed by atoms with Gasteiger partial charge in [-0.1, -0.05) is 46.8 Å². The van der Waals surface area contributed by atoms with Crippen molar-refractivity contribution in [3.8, 4) is 5.75 Å². The second-order valence-electron chi connectivity index (χ2n) is 11.2. The van der Waals surface area contributed by atoms with Crippen LogP contribution in [-0.4, -0.2) is 29.7 Å². The first-order valence-electron chi connectivity index (χ1n) is 12.6. The molecule has 1 fully saturated rings. The van der Waals surface area contributed by atoms with Gasteiger partial charge in [0.2, 0.25) is 5.95 Å². The van der Waals surface area contributed by atoms with Crippen LogP contribution >= 0.6 is 0 Å². The molecule has 3 aromatic rings. The fourth-order valence-electron chi connectivity index (χ4n) is 5.75. The molecule has 0 radical (unpaired) electrons. The Morgan fingerprint density at radius 1 is 1.17 bits per heavy atom. The van der Waals surface area contributed by atoms with E-state index < -0.39 is 0 Å². The maximum Gasteiger partial charge on any atom is 0.310 e. The van der Waals surface area contributed by atoms with Crippen LogP contribution in [0.1, 0.15) is 77.0 Å². The average molecular weight is 478 g/mol. The Balaban J connectivity index is 1.82. The molecule has 1 aromatic heterocycles. The van der Waals surface area contributed by atoms with E-state index in [1.807, 2.05) is 12.1 Å². The molecule has 0 saturated heterocycles. The highest BCUT2D eigenvalue weighted by atomic mass is 16.5. The zero-order valence-electron chi connectivity index (χ0n) is 22.1. The van der Waals surface area contributed by atoms with Crippen LogP contribution in [0.3, 0.4) is 0 Å². The highest BCUT2D eigenvalue weighted by molar-refractivity contribution is 5.84. The Hall–Kier alpha value is -3.02. The van der Waals surface area contributed by atoms with Crippen LogP contribution in [0.25, 0.3) is 11.0 Å². The number of anilines is 2. The molecule has 1 saturated carbocycles. The molecule has 35 heavy (non-hydrogen) atoms. The number of hydrogen-bond acceptors (Lipinski definition) is 5. The summed E-state index contributed by atoms with van der Waals surface area (Å²) < 4.78 is 12.9. The van der Waals surface area contributed by atoms with Gasteiger partial charge in [-0.05, 0) is 60.3 Å². The van der Waals surface area contributed by atoms with Crippen molar-refractivity contribution in [2.45, 2.75) is 72.3 Å². The van der Waals surface area contributed by atoms with Crippen LogP contribution < -0.4 is 10.1 Å². The third-order valence-corrected chi connectivity index (χ3v) is 7.22. The molecular weight excluding hydrogens is 438 g/mol. The van der Waals surface area contributed by atoms with Gasteiger partial charge >= 0.3 is 5.97 Å². The molecule has 2 atom stereocenters. The van der Waals surface area contributed by atoms with E-state index in [1.54, 1.807) is 7.11 Å². The summed E-state index contributed by atoms with van der Waals surface area (Å²) in [5.41, 5.74) is 5.22. The number of ether oxygens (including phenoxy) is 2. The molecule has 2 aromatic carbocycles. The highest BCUT2D eigenvalue weighted by Gasteiger charge is 2.35. The van der Waals surface area contributed by atoms with Crippen molar-refractivity contribution in [2.24, 2.45) is 11.3 Å². The van der Waals surface area contributed by atoms with Crippen LogP contribution in [0.2, 0.25) is 0 Å². The fraction of sp³-hybridized carbons (Fsp3) is 0.517. The fourth-order valence-corrected chi connectivity index (χ4v) is 5.75. The lowest BCUT2D eigenvalue weighted by atomic mass is 9.70. The summed E-state index contributed by atoms with van der Waals surface area (Å²) in [6.45, 7) is 11.5. The van der Waals surface area contributed by atoms with Crippen LogP contribution in [-0.2, 0) is 16.0 Å². The smallest absolute Gasteiger partial charge is 0.310 e. The number of benzene rings is 2. The maximum atomic E-state index is 12.0. The standard InChI is InChI=1S/C29H39N3O3/c1-18(2)20-8-10-22(11-9-20)30-28-31-24-13-21(14-27(33)35-7)26(34-6)15-25(24)32(28)23-12-19(3)16-29(4,5)17-23/h8-11,13,15,18-19,23H,12,14,16-17H2,1-7H3,(H,30,31)/t19-,23+/m1/s1. The van der Waals surface area contributed by atoms with Crippen molar-refractivity contribution < 1.29 is 14.3 Å². The van der Waals surface area contributed by atoms with E-state index in [1.165, 1.54) is 19.1 Å². The molecule has 188 valence electrons. The molecule has 0 aliphatic heterocycles. The predicted molar refractivity (Wildman–Crippen MR) is 142 cm³/mol. The van der Waals surface area contributed by atoms with Crippen LogP contribution in [0, 0.1) is 11.3 Å². The lowest BCUT2D eigenvalue weighted by Gasteiger charge is -2.40. The lowest BCUT2D eigenvalue weighted by molar-refractivity contribution is -0.139. The van der Waals surface area contributed by atoms with Gasteiger partial charge in [0.05, 0.1) is 31.7 Å². The van der Waals surface area contributed by atoms with E-state index in [-0.39, 0.29) is 17.8 Å². The first kappa shape index (κ1) is 25.1. The molecular formula is C29H39N3O3. The second-order valence-corrected chi connectivity index (χ2v) is 11.2. The number of methoxy groups -OCH3 is 2. The minimum absolute atomic E-state index is 0.148. The Kier molecular flexibility index (Phi) is 7.11. The van der Waals surface area contributed by atoms with Gasteiger partial charge in [-0.3, -0.25) is 4.79 Å². The number of aromatic nitrogens is 2. The number of nitrogens with one attached hydrogen (secondary N) is 1. The van der Waals surface area contributed by atoms with Gasteiger partial charge in [-0.15, -0.1) is 0 Å². The second kappa shape index (κ2) is 9.92. The van der Waals surface area contributed by atoms with Crippen molar-refractivity contribution in [3.05, 3.63) is 47.5 Å². The molecule has 6 nitrogen and oxygen atoms in total. The van der Waals surface area contributed by atoms with Crippen molar-refractivity contribution in [1.29, 1.82) is 0 Å². The van der Waals surface area contributed by atoms with E-state index in [4.69, 9.17) is 14.5 Å². The van der Waals surface area contributed by atoms with Crippen molar-refractivity contribution in [2.75, 3.05) is 19.5 Å². The number of imidazole rings is 1. The summed E-state index contributed by atoms with van der Waals surface area (Å²) in [7, 11) is 3.05. The average Bonchev–Trinajstić information content (AvgIpc) is 3.13. The molecule has 1 aliphatic carbocycles. The summed E-state index contributed by atoms with van der Waals surface area (Å²) in [4.78, 5) is 17.0. The number of hydrogen-bond donors (Lipinski definition) is 1. The minimum Gasteiger partial charge on any atom is -0.496 e. The number of esters is 1. The lowest BCUT2D eigenvalue weighted by Crippen LogP contribution is -2.29. The number of carbonyl (C=O) groups is 1. The zero-order valence-corrected chi connectivity index (χ0v) is 22.1. The van der Waals surface area contributed by atoms with Crippen LogP contribution in [0.4, 0.5) is 11.6 Å². The van der Waals surface area contributed by atoms with Gasteiger partial charge in [0.25, 0.3) is 0 Å². The SMILES string of the molecule is COC(=O)Cc1cc2nc(Nc3ccc(C(C)C)cc3)n([C@H]3C[C@@H](C)CC(C)(C)C3)c2cc1OC. The molecule has 1 heterocycles. The van der Waals surface area contributed by atoms with Crippen LogP contribution in [0.5, 0.6) is 5.75 Å². The summed E-state index contributed by atoms with van der Waals surface area (Å²) >= 11 is 0. The molecule has 4 rings (SSSR count). The van der Waals surface area contributed by atoms with Gasteiger partial charge < -0.3 is 19.4 Å². The van der Waals surface area contributed by atoms with Crippen molar-refractivity contribution >= 4 is 28.6 Å². The monoisotopic (exact) mass is 477 g/mol. The summed E-state index contributed by atoms with van der Waals surface area (Å²) in [5.74, 6) is 2.32. The van der Waals surface area contributed by atoms with E-state index in [0.717, 1.165) is 41.1 Å². The van der Waals surface area contributed by atoms with Gasteiger partial charge in [0, 0.05) is 23.4 Å². The Morgan fingerprint density at radius 2 is 1.89 bits per heavy atom. The minimum atomic E-state index is -0.298. The van der Waals surface area contributed by atoms with Gasteiger partial charge in [0.15, 0.2) is 0 Å². The molecule has 0 spiro atoms. The molecule has 1 N–H and O–H groups in total. The Bertz CT molecular complexity index is 1190. The van der Waals surface area contributed by atoms with E-state index in [0.29, 0.717) is 23.6 Å². The third-order valence-electron chi connectivity index (χ3n) is 7.22. The summed E-state index contributed by atoms with van der Waals surface area (Å²) in [6, 6.07) is 12.9. The van der Waals surface area contributed by atoms with Crippen molar-refractivity contribution in [1.82, 2.24) is 9.55 Å². The molecule has 0 unspecified atom stereocenters. The highest BCUT2D eigenvalue weighted by Crippen LogP contribution is 2.46. The van der Waals surface area contributed by atoms with E-state index in [2.05, 4.69) is 68.8 Å². The first-order valence-corrected chi connectivity index (χ1v) is 12.6. The molecule has 0 bridgehead atoms. The largest absolute Gasteiger partial charge is 0.496 e. The number of fused-ring (bicyclic) bond motifs is 1. The zero-order chi connectivity index (χ0) is 25.3. The van der Waals surface area contributed by atoms with Gasteiger partial charge in [-0.25, -0.2) is 4.98 Å². The number of rotatable bonds is 7. The predicted octanol–water partition coefficient (Wildman–Crippen LogP) is 7.01. The normalized spacial score (nSPS) is 19.7. The third kappa shape index (κ3) is 5.47. The maximum absolute atomic E-state index is 12.0. The molecule has 0 amide bonds. The number of nitrogens with zero attached hydrogens (tertiary/aromatic N) is 2. The Labute approximate surface area is 209 Å². The first-order chi connectivity index (χ1) is 16.6. The number of carbonyl (C=O) groups excluding carboxylic acids is 1. The van der Waals surface area contributed by atoms with E-state index >= 15 is 0 Å². The quantitative estimate of drug-likeness (QED) is 0.371. The van der Waals surface area contributed by atoms with Gasteiger partial charge in [-0.2, -0.15) is 0 Å². The van der Waals surface area contributed by atoms with Crippen LogP contribution in [0.15, 0.2) is 36.4 Å². The summed E-state index contributed by atoms with van der Waals surface area (Å²) in [6.07, 6.45) is 3.55. The van der Waals surface area contributed by atoms with Crippen molar-refractivity contribution in [3.63, 3.8) is 0 Å². The molecule has 6 heteroatoms. The molecule has 1 aliphatic rings. The van der Waals surface area contributed by atoms with Gasteiger partial charge in [0.1, 0.15) is 5.75 Å². The Morgan fingerprint density at radius 3 is 2.49 bits per heavy atom.